The third kappa shape index (κ3) is 7.47. The van der Waals surface area contributed by atoms with Gasteiger partial charge in [-0.2, -0.15) is 0 Å². The maximum absolute atomic E-state index is 12.1. The number of urea groups is 1. The van der Waals surface area contributed by atoms with Gasteiger partial charge in [-0.05, 0) is 35.4 Å². The van der Waals surface area contributed by atoms with Gasteiger partial charge in [-0.15, -0.1) is 0 Å². The van der Waals surface area contributed by atoms with E-state index in [1.807, 2.05) is 24.3 Å². The van der Waals surface area contributed by atoms with Crippen molar-refractivity contribution in [2.45, 2.75) is 19.6 Å². The van der Waals surface area contributed by atoms with Gasteiger partial charge in [0, 0.05) is 45.0 Å². The zero-order valence-electron chi connectivity index (χ0n) is 19.2. The van der Waals surface area contributed by atoms with Gasteiger partial charge in [0.05, 0.1) is 19.4 Å². The number of amides is 3. The van der Waals surface area contributed by atoms with Crippen LogP contribution in [-0.4, -0.2) is 54.5 Å². The van der Waals surface area contributed by atoms with Gasteiger partial charge in [0.2, 0.25) is 5.91 Å². The molecule has 34 heavy (non-hydrogen) atoms. The van der Waals surface area contributed by atoms with E-state index in [9.17, 15) is 9.59 Å². The Balaban J connectivity index is 1.13. The van der Waals surface area contributed by atoms with Crippen LogP contribution in [0.2, 0.25) is 0 Å². The van der Waals surface area contributed by atoms with Crippen LogP contribution in [0.15, 0.2) is 77.4 Å². The molecule has 0 unspecified atom stereocenters. The maximum atomic E-state index is 12.1. The molecule has 4 rings (SSSR count). The van der Waals surface area contributed by atoms with Crippen molar-refractivity contribution in [1.29, 1.82) is 0 Å². The van der Waals surface area contributed by atoms with Crippen molar-refractivity contribution in [1.82, 2.24) is 20.4 Å². The van der Waals surface area contributed by atoms with Crippen LogP contribution < -0.4 is 16.0 Å². The van der Waals surface area contributed by atoms with Crippen molar-refractivity contribution >= 4 is 17.6 Å². The van der Waals surface area contributed by atoms with E-state index in [0.717, 1.165) is 39.3 Å². The quantitative estimate of drug-likeness (QED) is 0.456. The number of furan rings is 1. The zero-order valence-corrected chi connectivity index (χ0v) is 19.2. The minimum Gasteiger partial charge on any atom is -0.467 e. The minimum absolute atomic E-state index is 0.112. The second-order valence-corrected chi connectivity index (χ2v) is 8.40. The minimum atomic E-state index is -0.425. The van der Waals surface area contributed by atoms with Gasteiger partial charge in [-0.3, -0.25) is 14.6 Å². The highest BCUT2D eigenvalue weighted by Crippen LogP contribution is 2.14. The van der Waals surface area contributed by atoms with E-state index in [1.165, 1.54) is 11.1 Å². The molecule has 8 heteroatoms. The molecule has 2 heterocycles. The maximum Gasteiger partial charge on any atom is 0.315 e. The molecule has 178 valence electrons. The molecule has 3 aromatic rings. The van der Waals surface area contributed by atoms with E-state index in [-0.39, 0.29) is 19.0 Å². The summed E-state index contributed by atoms with van der Waals surface area (Å²) in [6.45, 7) is 6.26. The molecule has 0 bridgehead atoms. The van der Waals surface area contributed by atoms with Crippen molar-refractivity contribution in [3.05, 3.63) is 89.9 Å². The Bertz CT molecular complexity index is 1030. The highest BCUT2D eigenvalue weighted by atomic mass is 16.3. The molecule has 0 spiro atoms. The highest BCUT2D eigenvalue weighted by Gasteiger charge is 2.17. The summed E-state index contributed by atoms with van der Waals surface area (Å²) >= 11 is 0. The van der Waals surface area contributed by atoms with Gasteiger partial charge in [0.1, 0.15) is 5.76 Å². The molecule has 0 radical (unpaired) electrons. The smallest absolute Gasteiger partial charge is 0.315 e. The molecule has 3 N–H and O–H groups in total. The molecule has 0 saturated carbocycles. The number of nitrogens with one attached hydrogen (secondary N) is 3. The Labute approximate surface area is 199 Å². The Morgan fingerprint density at radius 2 is 1.41 bits per heavy atom. The van der Waals surface area contributed by atoms with Crippen LogP contribution in [0.4, 0.5) is 10.5 Å². The molecular weight excluding hydrogens is 430 g/mol. The van der Waals surface area contributed by atoms with Crippen LogP contribution in [0.25, 0.3) is 0 Å². The van der Waals surface area contributed by atoms with Crippen LogP contribution >= 0.6 is 0 Å². The number of anilines is 1. The molecule has 8 nitrogen and oxygen atoms in total. The van der Waals surface area contributed by atoms with Crippen molar-refractivity contribution < 1.29 is 14.0 Å². The Morgan fingerprint density at radius 3 is 2.03 bits per heavy atom. The molecule has 1 fully saturated rings. The van der Waals surface area contributed by atoms with Crippen LogP contribution in [0.5, 0.6) is 0 Å². The lowest BCUT2D eigenvalue weighted by atomic mass is 10.1. The monoisotopic (exact) mass is 461 g/mol. The first-order valence-electron chi connectivity index (χ1n) is 11.6. The first-order chi connectivity index (χ1) is 16.6. The van der Waals surface area contributed by atoms with E-state index in [0.29, 0.717) is 11.4 Å². The van der Waals surface area contributed by atoms with Gasteiger partial charge in [0.25, 0.3) is 0 Å². The summed E-state index contributed by atoms with van der Waals surface area (Å²) in [5, 5.41) is 7.98. The Morgan fingerprint density at radius 1 is 0.765 bits per heavy atom. The third-order valence-corrected chi connectivity index (χ3v) is 5.77. The topological polar surface area (TPSA) is 89.8 Å². The first-order valence-corrected chi connectivity index (χ1v) is 11.6. The van der Waals surface area contributed by atoms with Gasteiger partial charge in [-0.1, -0.05) is 42.5 Å². The van der Waals surface area contributed by atoms with Gasteiger partial charge in [0.15, 0.2) is 0 Å². The van der Waals surface area contributed by atoms with E-state index in [2.05, 4.69) is 56.1 Å². The summed E-state index contributed by atoms with van der Waals surface area (Å²) in [6.07, 6.45) is 1.54. The predicted molar refractivity (Wildman–Crippen MR) is 131 cm³/mol. The number of piperazine rings is 1. The van der Waals surface area contributed by atoms with Crippen LogP contribution in [0.3, 0.4) is 0 Å². The molecule has 1 aromatic heterocycles. The number of hydrogen-bond acceptors (Lipinski definition) is 5. The first kappa shape index (κ1) is 23.5. The Hall–Kier alpha value is -3.62. The summed E-state index contributed by atoms with van der Waals surface area (Å²) in [7, 11) is 0. The van der Waals surface area contributed by atoms with Crippen molar-refractivity contribution in [2.24, 2.45) is 0 Å². The number of hydrogen-bond donors (Lipinski definition) is 3. The molecule has 2 aromatic carbocycles. The summed E-state index contributed by atoms with van der Waals surface area (Å²) < 4.78 is 5.15. The van der Waals surface area contributed by atoms with E-state index in [4.69, 9.17) is 4.42 Å². The number of rotatable bonds is 9. The van der Waals surface area contributed by atoms with Gasteiger partial charge < -0.3 is 20.4 Å². The summed E-state index contributed by atoms with van der Waals surface area (Å²) in [4.78, 5) is 28.9. The highest BCUT2D eigenvalue weighted by molar-refractivity contribution is 5.94. The van der Waals surface area contributed by atoms with Gasteiger partial charge >= 0.3 is 6.03 Å². The summed E-state index contributed by atoms with van der Waals surface area (Å²) in [5.74, 6) is 0.365. The normalized spacial score (nSPS) is 14.5. The average Bonchev–Trinajstić information content (AvgIpc) is 3.38. The SMILES string of the molecule is O=C(CNC(=O)NCc1ccco1)Nc1ccc(CN2CCN(Cc3ccccc3)CC2)cc1. The number of carbonyl (C=O) groups excluding carboxylic acids is 2. The number of benzene rings is 2. The lowest BCUT2D eigenvalue weighted by molar-refractivity contribution is -0.115. The van der Waals surface area contributed by atoms with Crippen LogP contribution in [0, 0.1) is 0 Å². The molecule has 1 aliphatic rings. The third-order valence-electron chi connectivity index (χ3n) is 5.77. The van der Waals surface area contributed by atoms with Crippen molar-refractivity contribution in [3.8, 4) is 0 Å². The fourth-order valence-corrected chi connectivity index (χ4v) is 3.91. The second kappa shape index (κ2) is 12.0. The molecule has 1 aliphatic heterocycles. The lowest BCUT2D eigenvalue weighted by Gasteiger charge is -2.34. The molecule has 1 saturated heterocycles. The predicted octanol–water partition coefficient (Wildman–Crippen LogP) is 3.04. The number of nitrogens with zero attached hydrogens (tertiary/aromatic N) is 2. The average molecular weight is 462 g/mol. The van der Waals surface area contributed by atoms with Crippen LogP contribution in [-0.2, 0) is 24.4 Å². The standard InChI is InChI=1S/C26H31N5O3/c32-25(18-28-26(33)27-17-24-7-4-16-34-24)29-23-10-8-22(9-11-23)20-31-14-12-30(13-15-31)19-21-5-2-1-3-6-21/h1-11,16H,12-15,17-20H2,(H,29,32)(H2,27,28,33). The largest absolute Gasteiger partial charge is 0.467 e. The summed E-state index contributed by atoms with van der Waals surface area (Å²) in [5.41, 5.74) is 3.28. The van der Waals surface area contributed by atoms with Crippen LogP contribution in [0.1, 0.15) is 16.9 Å². The van der Waals surface area contributed by atoms with E-state index in [1.54, 1.807) is 18.4 Å². The van der Waals surface area contributed by atoms with E-state index < -0.39 is 6.03 Å². The fraction of sp³-hybridized carbons (Fsp3) is 0.308. The molecular formula is C26H31N5O3. The van der Waals surface area contributed by atoms with Gasteiger partial charge in [-0.25, -0.2) is 4.79 Å². The van der Waals surface area contributed by atoms with Crippen molar-refractivity contribution in [2.75, 3.05) is 38.0 Å². The fourth-order valence-electron chi connectivity index (χ4n) is 3.91. The molecule has 3 amide bonds. The number of carbonyl (C=O) groups is 2. The second-order valence-electron chi connectivity index (χ2n) is 8.40. The lowest BCUT2D eigenvalue weighted by Crippen LogP contribution is -2.45. The Kier molecular flexibility index (Phi) is 8.32. The van der Waals surface area contributed by atoms with E-state index >= 15 is 0 Å². The zero-order chi connectivity index (χ0) is 23.6. The summed E-state index contributed by atoms with van der Waals surface area (Å²) in [6, 6.07) is 21.6. The van der Waals surface area contributed by atoms with Crippen molar-refractivity contribution in [3.63, 3.8) is 0 Å². The molecule has 0 aliphatic carbocycles. The molecule has 0 atom stereocenters.